The van der Waals surface area contributed by atoms with Crippen molar-refractivity contribution in [1.29, 1.82) is 10.8 Å². The van der Waals surface area contributed by atoms with E-state index >= 15 is 0 Å². The van der Waals surface area contributed by atoms with Crippen LogP contribution in [0.3, 0.4) is 0 Å². The van der Waals surface area contributed by atoms with Gasteiger partial charge < -0.3 is 30.5 Å². The lowest BCUT2D eigenvalue weighted by molar-refractivity contribution is 0.130. The number of piperidine rings is 1. The van der Waals surface area contributed by atoms with E-state index in [-0.39, 0.29) is 53.6 Å². The zero-order valence-electron chi connectivity index (χ0n) is 30.3. The number of aromatic nitrogens is 1. The maximum absolute atomic E-state index is 13.6. The van der Waals surface area contributed by atoms with E-state index in [0.29, 0.717) is 35.7 Å². The quantitative estimate of drug-likeness (QED) is 0.120. The van der Waals surface area contributed by atoms with Crippen molar-refractivity contribution in [3.8, 4) is 11.5 Å². The maximum atomic E-state index is 13.6. The third-order valence-electron chi connectivity index (χ3n) is 9.31. The van der Waals surface area contributed by atoms with E-state index in [1.54, 1.807) is 60.2 Å². The molecule has 4 atom stereocenters. The lowest BCUT2D eigenvalue weighted by atomic mass is 9.85. The number of amidine groups is 1. The van der Waals surface area contributed by atoms with Crippen LogP contribution in [0.4, 0.5) is 10.5 Å². The number of likely N-dealkylation sites (tertiary alicyclic amines) is 1. The molecule has 2 aliphatic rings. The van der Waals surface area contributed by atoms with Gasteiger partial charge in [-0.05, 0) is 81.3 Å². The fourth-order valence-electron chi connectivity index (χ4n) is 6.27. The van der Waals surface area contributed by atoms with Crippen molar-refractivity contribution in [3.05, 3.63) is 95.2 Å². The predicted octanol–water partition coefficient (Wildman–Crippen LogP) is 6.26. The van der Waals surface area contributed by atoms with Crippen LogP contribution in [0.2, 0.25) is 0 Å². The molecule has 0 spiro atoms. The van der Waals surface area contributed by atoms with Gasteiger partial charge >= 0.3 is 6.03 Å². The summed E-state index contributed by atoms with van der Waals surface area (Å²) in [4.78, 5) is 20.3. The van der Waals surface area contributed by atoms with Crippen LogP contribution in [-0.4, -0.2) is 57.7 Å². The summed E-state index contributed by atoms with van der Waals surface area (Å²) in [5.74, 6) is 1.68. The lowest BCUT2D eigenvalue weighted by Gasteiger charge is -2.36. The van der Waals surface area contributed by atoms with Crippen LogP contribution in [0.5, 0.6) is 11.5 Å². The fourth-order valence-corrected chi connectivity index (χ4v) is 6.27. The molecule has 0 saturated carbocycles. The Morgan fingerprint density at radius 3 is 2.57 bits per heavy atom. The number of ether oxygens (including phenoxy) is 2. The number of carbonyl (C=O) groups excluding carboxylic acids is 1. The highest BCUT2D eigenvalue weighted by Gasteiger charge is 2.30. The van der Waals surface area contributed by atoms with Crippen molar-refractivity contribution in [3.63, 3.8) is 0 Å². The normalized spacial score (nSPS) is 20.2. The molecule has 1 aromatic heterocycles. The van der Waals surface area contributed by atoms with Crippen LogP contribution >= 0.6 is 0 Å². The molecular weight excluding hydrogens is 644 g/mol. The van der Waals surface area contributed by atoms with Crippen molar-refractivity contribution in [2.45, 2.75) is 91.0 Å². The number of benzene rings is 2. The topological polar surface area (TPSA) is 174 Å². The molecule has 0 bridgehead atoms. The molecule has 1 saturated heterocycles. The number of aliphatic hydroxyl groups excluding tert-OH is 1. The number of fused-ring (bicyclic) bond motifs is 1. The van der Waals surface area contributed by atoms with E-state index in [1.807, 2.05) is 45.0 Å². The molecule has 272 valence electrons. The second-order valence-electron chi connectivity index (χ2n) is 14.4. The zero-order valence-corrected chi connectivity index (χ0v) is 30.3. The van der Waals surface area contributed by atoms with E-state index in [1.165, 1.54) is 0 Å². The first-order chi connectivity index (χ1) is 24.3. The number of carbonyl (C=O) groups is 1. The summed E-state index contributed by atoms with van der Waals surface area (Å²) in [6.07, 6.45) is 7.24. The van der Waals surface area contributed by atoms with Gasteiger partial charge in [-0.15, -0.1) is 0 Å². The number of nitrogens with one attached hydrogen (secondary N) is 4. The highest BCUT2D eigenvalue weighted by molar-refractivity contribution is 6.05. The van der Waals surface area contributed by atoms with Crippen LogP contribution in [0, 0.1) is 16.2 Å². The number of pyridine rings is 1. The van der Waals surface area contributed by atoms with Gasteiger partial charge in [0.05, 0.1) is 24.5 Å². The lowest BCUT2D eigenvalue weighted by Crippen LogP contribution is -2.47. The number of nitrogens with two attached hydrogens (primary N) is 1. The molecule has 51 heavy (non-hydrogen) atoms. The molecule has 12 nitrogen and oxygen atoms in total. The molecule has 5 rings (SSSR count). The number of hydrogen-bond donors (Lipinski definition) is 6. The van der Waals surface area contributed by atoms with Crippen LogP contribution in [-0.2, 0) is 0 Å². The third kappa shape index (κ3) is 9.57. The number of allylic oxidation sites excluding steroid dienone is 1. The fraction of sp³-hybridized carbons (Fsp3) is 0.436. The SMILES string of the molecule is C[C@H](CO)Oc1cccc(N=C(C=C(N)C(C)(C)C)NC(=O)N[C@H]2CC[C@@H](Oc3ccc(=N)n(C(=N)N4CCCC[C@@H]4C)c3)c3ccccc32)c1. The highest BCUT2D eigenvalue weighted by atomic mass is 16.5. The van der Waals surface area contributed by atoms with Crippen molar-refractivity contribution in [2.24, 2.45) is 16.1 Å². The van der Waals surface area contributed by atoms with Crippen molar-refractivity contribution >= 4 is 23.5 Å². The Balaban J connectivity index is 1.33. The summed E-state index contributed by atoms with van der Waals surface area (Å²) in [6.45, 7) is 10.5. The van der Waals surface area contributed by atoms with E-state index in [2.05, 4.69) is 22.5 Å². The molecular formula is C39H52N8O4. The Morgan fingerprint density at radius 1 is 1.08 bits per heavy atom. The highest BCUT2D eigenvalue weighted by Crippen LogP contribution is 2.38. The molecule has 1 aliphatic heterocycles. The Hall–Kier alpha value is -5.10. The smallest absolute Gasteiger partial charge is 0.320 e. The van der Waals surface area contributed by atoms with Crippen molar-refractivity contribution in [1.82, 2.24) is 20.1 Å². The number of rotatable bonds is 8. The van der Waals surface area contributed by atoms with Crippen molar-refractivity contribution in [2.75, 3.05) is 13.2 Å². The van der Waals surface area contributed by atoms with Gasteiger partial charge in [-0.1, -0.05) is 51.1 Å². The first-order valence-corrected chi connectivity index (χ1v) is 17.7. The zero-order chi connectivity index (χ0) is 36.7. The number of nitrogens with zero attached hydrogens (tertiary/aromatic N) is 3. The van der Waals surface area contributed by atoms with Gasteiger partial charge in [0.25, 0.3) is 0 Å². The van der Waals surface area contributed by atoms with E-state index < -0.39 is 6.03 Å². The second-order valence-corrected chi connectivity index (χ2v) is 14.4. The molecule has 2 heterocycles. The number of urea groups is 1. The number of amides is 2. The van der Waals surface area contributed by atoms with Gasteiger partial charge in [-0.3, -0.25) is 20.7 Å². The summed E-state index contributed by atoms with van der Waals surface area (Å²) in [5.41, 5.74) is 9.30. The third-order valence-corrected chi connectivity index (χ3v) is 9.31. The van der Waals surface area contributed by atoms with Crippen LogP contribution in [0.15, 0.2) is 83.6 Å². The Morgan fingerprint density at radius 2 is 1.84 bits per heavy atom. The van der Waals surface area contributed by atoms with Crippen LogP contribution < -0.4 is 31.3 Å². The summed E-state index contributed by atoms with van der Waals surface area (Å²) < 4.78 is 13.9. The standard InChI is InChI=1S/C39H52N8O4/c1-25-11-8-9-20-46(25)37(42)47-23-29(16-19-35(47)41)51-33-18-17-32(30-14-6-7-15-31(30)33)44-38(49)45-36(22-34(40)39(3,4)5)43-27-12-10-13-28(21-27)50-26(2)24-48/h6-7,10,12-16,19,21-23,25-26,32-33,41-42,48H,8-9,11,17-18,20,24,40H2,1-5H3,(H2,43,44,45,49)/t25-,26+,32-,33+/m0/s1. The summed E-state index contributed by atoms with van der Waals surface area (Å²) in [5, 5.41) is 32.8. The average Bonchev–Trinajstić information content (AvgIpc) is 3.09. The van der Waals surface area contributed by atoms with E-state index in [4.69, 9.17) is 31.0 Å². The molecule has 7 N–H and O–H groups in total. The minimum Gasteiger partial charge on any atom is -0.488 e. The van der Waals surface area contributed by atoms with Crippen LogP contribution in [0.25, 0.3) is 0 Å². The number of aliphatic imine (C=N–C) groups is 1. The largest absolute Gasteiger partial charge is 0.488 e. The molecule has 3 aromatic rings. The molecule has 2 aromatic carbocycles. The van der Waals surface area contributed by atoms with Gasteiger partial charge in [-0.25, -0.2) is 9.79 Å². The summed E-state index contributed by atoms with van der Waals surface area (Å²) >= 11 is 0. The van der Waals surface area contributed by atoms with Gasteiger partial charge in [-0.2, -0.15) is 0 Å². The first-order valence-electron chi connectivity index (χ1n) is 17.7. The van der Waals surface area contributed by atoms with Gasteiger partial charge in [0.2, 0.25) is 5.96 Å². The molecule has 2 amide bonds. The average molecular weight is 697 g/mol. The second kappa shape index (κ2) is 16.3. The number of aliphatic hydroxyl groups is 1. The molecule has 0 unspecified atom stereocenters. The number of hydrogen-bond acceptors (Lipinski definition) is 8. The monoisotopic (exact) mass is 696 g/mol. The van der Waals surface area contributed by atoms with Gasteiger partial charge in [0, 0.05) is 35.8 Å². The predicted molar refractivity (Wildman–Crippen MR) is 199 cm³/mol. The van der Waals surface area contributed by atoms with Crippen LogP contribution in [0.1, 0.15) is 90.0 Å². The Kier molecular flexibility index (Phi) is 11.9. The maximum Gasteiger partial charge on any atom is 0.320 e. The summed E-state index contributed by atoms with van der Waals surface area (Å²) in [7, 11) is 0. The Labute approximate surface area is 300 Å². The molecule has 1 fully saturated rings. The summed E-state index contributed by atoms with van der Waals surface area (Å²) in [6, 6.07) is 18.0. The molecule has 12 heteroatoms. The molecule has 0 radical (unpaired) electrons. The van der Waals surface area contributed by atoms with E-state index in [9.17, 15) is 9.90 Å². The molecule has 1 aliphatic carbocycles. The van der Waals surface area contributed by atoms with Crippen molar-refractivity contribution < 1.29 is 19.4 Å². The minimum atomic E-state index is -0.426. The van der Waals surface area contributed by atoms with Gasteiger partial charge in [0.15, 0.2) is 0 Å². The first kappa shape index (κ1) is 37.2. The van der Waals surface area contributed by atoms with Gasteiger partial charge in [0.1, 0.15) is 35.0 Å². The minimum absolute atomic E-state index is 0.120. The Bertz CT molecular complexity index is 1830. The van der Waals surface area contributed by atoms with E-state index in [0.717, 1.165) is 36.9 Å².